The van der Waals surface area contributed by atoms with Gasteiger partial charge in [0.25, 0.3) is 0 Å². The van der Waals surface area contributed by atoms with Crippen LogP contribution in [-0.2, 0) is 14.3 Å². The molecule has 1 N–H and O–H groups in total. The van der Waals surface area contributed by atoms with Crippen molar-refractivity contribution < 1.29 is 19.4 Å². The Kier molecular flexibility index (Phi) is 23.8. The molecule has 0 aromatic rings. The van der Waals surface area contributed by atoms with Gasteiger partial charge < -0.3 is 14.6 Å². The van der Waals surface area contributed by atoms with E-state index in [1.807, 2.05) is 6.92 Å². The predicted octanol–water partition coefficient (Wildman–Crippen LogP) is 7.02. The van der Waals surface area contributed by atoms with Crippen LogP contribution in [0.4, 0.5) is 0 Å². The fraction of sp³-hybridized carbons (Fsp3) is 0.607. The molecule has 0 saturated heterocycles. The summed E-state index contributed by atoms with van der Waals surface area (Å²) in [4.78, 5) is 11.6. The minimum Gasteiger partial charge on any atom is -0.457 e. The van der Waals surface area contributed by atoms with Crippen LogP contribution in [0.5, 0.6) is 0 Å². The lowest BCUT2D eigenvalue weighted by molar-refractivity contribution is -0.154. The lowest BCUT2D eigenvalue weighted by atomic mass is 10.2. The van der Waals surface area contributed by atoms with Crippen molar-refractivity contribution in [3.63, 3.8) is 0 Å². The van der Waals surface area contributed by atoms with Crippen LogP contribution in [0.15, 0.2) is 60.8 Å². The first-order valence-corrected chi connectivity index (χ1v) is 12.4. The molecular formula is C28H46O4. The van der Waals surface area contributed by atoms with E-state index in [0.717, 1.165) is 64.2 Å². The molecule has 0 amide bonds. The van der Waals surface area contributed by atoms with Crippen molar-refractivity contribution in [3.8, 4) is 0 Å². The Morgan fingerprint density at radius 2 is 1.34 bits per heavy atom. The molecule has 4 nitrogen and oxygen atoms in total. The van der Waals surface area contributed by atoms with E-state index in [-0.39, 0.29) is 19.2 Å². The summed E-state index contributed by atoms with van der Waals surface area (Å²) in [6, 6.07) is 0. The van der Waals surface area contributed by atoms with Gasteiger partial charge in [0.2, 0.25) is 0 Å². The van der Waals surface area contributed by atoms with Crippen molar-refractivity contribution in [2.75, 3.05) is 19.8 Å². The van der Waals surface area contributed by atoms with Gasteiger partial charge in [-0.3, -0.25) is 4.79 Å². The smallest absolute Gasteiger partial charge is 0.306 e. The van der Waals surface area contributed by atoms with Gasteiger partial charge in [-0.25, -0.2) is 0 Å². The van der Waals surface area contributed by atoms with Gasteiger partial charge in [0.05, 0.1) is 13.2 Å². The number of aliphatic hydroxyl groups is 1. The van der Waals surface area contributed by atoms with Crippen LogP contribution in [0.3, 0.4) is 0 Å². The Labute approximate surface area is 196 Å². The van der Waals surface area contributed by atoms with Crippen molar-refractivity contribution in [1.82, 2.24) is 0 Å². The summed E-state index contributed by atoms with van der Waals surface area (Å²) >= 11 is 0. The van der Waals surface area contributed by atoms with Crippen molar-refractivity contribution in [3.05, 3.63) is 60.8 Å². The summed E-state index contributed by atoms with van der Waals surface area (Å²) in [5, 5.41) is 9.28. The first-order valence-electron chi connectivity index (χ1n) is 12.4. The first-order chi connectivity index (χ1) is 15.7. The standard InChI is InChI=1S/C28H46O4/c1-3-5-7-8-9-10-11-12-13-14-15-16-17-18-19-20-21-22-24-31-26-27(25-29)32-28(30)23-6-4-2/h5,7,9-10,12-13,15-16,18-19,27,29H,3-4,6,8,11,14,17,20-26H2,1-2H3/b7-5-,10-9-,13-12-,16-15-,19-18-. The highest BCUT2D eigenvalue weighted by molar-refractivity contribution is 5.69. The van der Waals surface area contributed by atoms with Crippen LogP contribution in [0.1, 0.15) is 84.5 Å². The van der Waals surface area contributed by atoms with Gasteiger partial charge in [0, 0.05) is 13.0 Å². The molecule has 0 aliphatic carbocycles. The largest absolute Gasteiger partial charge is 0.457 e. The molecule has 1 unspecified atom stereocenters. The molecule has 0 aromatic carbocycles. The normalized spacial score (nSPS) is 13.5. The number of aliphatic hydroxyl groups excluding tert-OH is 1. The van der Waals surface area contributed by atoms with E-state index < -0.39 is 6.10 Å². The number of rotatable bonds is 21. The summed E-state index contributed by atoms with van der Waals surface area (Å²) < 4.78 is 10.7. The average molecular weight is 447 g/mol. The minimum absolute atomic E-state index is 0.197. The van der Waals surface area contributed by atoms with Crippen LogP contribution in [0.25, 0.3) is 0 Å². The van der Waals surface area contributed by atoms with E-state index in [0.29, 0.717) is 13.0 Å². The maximum atomic E-state index is 11.6. The van der Waals surface area contributed by atoms with Crippen LogP contribution in [0.2, 0.25) is 0 Å². The highest BCUT2D eigenvalue weighted by Crippen LogP contribution is 2.03. The van der Waals surface area contributed by atoms with Crippen molar-refractivity contribution in [1.29, 1.82) is 0 Å². The van der Waals surface area contributed by atoms with Crippen molar-refractivity contribution in [2.24, 2.45) is 0 Å². The van der Waals surface area contributed by atoms with Gasteiger partial charge >= 0.3 is 5.97 Å². The Bertz CT molecular complexity index is 558. The highest BCUT2D eigenvalue weighted by atomic mass is 16.6. The van der Waals surface area contributed by atoms with Gasteiger partial charge in [-0.1, -0.05) is 81.0 Å². The maximum Gasteiger partial charge on any atom is 0.306 e. The topological polar surface area (TPSA) is 55.8 Å². The van der Waals surface area contributed by atoms with E-state index in [1.54, 1.807) is 0 Å². The third kappa shape index (κ3) is 22.8. The first kappa shape index (κ1) is 30.1. The number of carbonyl (C=O) groups is 1. The minimum atomic E-state index is -0.551. The highest BCUT2D eigenvalue weighted by Gasteiger charge is 2.13. The second kappa shape index (κ2) is 25.4. The summed E-state index contributed by atoms with van der Waals surface area (Å²) in [7, 11) is 0. The molecule has 0 aliphatic rings. The number of esters is 1. The number of hydrogen-bond donors (Lipinski definition) is 1. The number of unbranched alkanes of at least 4 members (excludes halogenated alkanes) is 3. The number of carbonyl (C=O) groups excluding carboxylic acids is 1. The molecule has 0 bridgehead atoms. The molecule has 0 radical (unpaired) electrons. The molecule has 0 rings (SSSR count). The zero-order chi connectivity index (χ0) is 23.5. The molecule has 4 heteroatoms. The Balaban J connectivity index is 3.57. The molecule has 32 heavy (non-hydrogen) atoms. The van der Waals surface area contributed by atoms with Gasteiger partial charge in [0.15, 0.2) is 0 Å². The van der Waals surface area contributed by atoms with Crippen molar-refractivity contribution >= 4 is 5.97 Å². The Morgan fingerprint density at radius 1 is 0.781 bits per heavy atom. The third-order valence-corrected chi connectivity index (χ3v) is 4.61. The van der Waals surface area contributed by atoms with Gasteiger partial charge in [-0.05, 0) is 57.8 Å². The summed E-state index contributed by atoms with van der Waals surface area (Å²) in [5.41, 5.74) is 0. The third-order valence-electron chi connectivity index (χ3n) is 4.61. The fourth-order valence-corrected chi connectivity index (χ4v) is 2.74. The molecule has 1 atom stereocenters. The number of hydrogen-bond acceptors (Lipinski definition) is 4. The SMILES string of the molecule is CC/C=C\C/C=C\C/C=C\C/C=C\C/C=C\CCCCOCC(CO)OC(=O)CCCC. The van der Waals surface area contributed by atoms with E-state index in [2.05, 4.69) is 67.7 Å². The van der Waals surface area contributed by atoms with E-state index in [1.165, 1.54) is 0 Å². The average Bonchev–Trinajstić information content (AvgIpc) is 2.80. The van der Waals surface area contributed by atoms with Crippen LogP contribution < -0.4 is 0 Å². The Hall–Kier alpha value is -1.91. The Morgan fingerprint density at radius 3 is 1.88 bits per heavy atom. The summed E-state index contributed by atoms with van der Waals surface area (Å²) in [5.74, 6) is -0.257. The zero-order valence-electron chi connectivity index (χ0n) is 20.4. The van der Waals surface area contributed by atoms with Gasteiger partial charge in [0.1, 0.15) is 6.10 Å². The molecular weight excluding hydrogens is 400 g/mol. The molecule has 0 spiro atoms. The second-order valence-electron chi connectivity index (χ2n) is 7.68. The molecule has 0 fully saturated rings. The van der Waals surface area contributed by atoms with Gasteiger partial charge in [-0.2, -0.15) is 0 Å². The van der Waals surface area contributed by atoms with Crippen LogP contribution >= 0.6 is 0 Å². The lowest BCUT2D eigenvalue weighted by Crippen LogP contribution is -2.27. The molecule has 0 saturated carbocycles. The fourth-order valence-electron chi connectivity index (χ4n) is 2.74. The van der Waals surface area contributed by atoms with E-state index in [4.69, 9.17) is 9.47 Å². The van der Waals surface area contributed by atoms with Gasteiger partial charge in [-0.15, -0.1) is 0 Å². The summed E-state index contributed by atoms with van der Waals surface area (Å²) in [6.45, 7) is 4.86. The van der Waals surface area contributed by atoms with Crippen LogP contribution in [-0.4, -0.2) is 37.0 Å². The second-order valence-corrected chi connectivity index (χ2v) is 7.68. The number of allylic oxidation sites excluding steroid dienone is 10. The van der Waals surface area contributed by atoms with E-state index >= 15 is 0 Å². The number of ether oxygens (including phenoxy) is 2. The molecule has 0 aliphatic heterocycles. The summed E-state index contributed by atoms with van der Waals surface area (Å²) in [6.07, 6.45) is 31.8. The molecule has 0 heterocycles. The molecule has 0 aromatic heterocycles. The maximum absolute atomic E-state index is 11.6. The quantitative estimate of drug-likeness (QED) is 0.117. The zero-order valence-corrected chi connectivity index (χ0v) is 20.4. The van der Waals surface area contributed by atoms with E-state index in [9.17, 15) is 9.90 Å². The predicted molar refractivity (Wildman–Crippen MR) is 136 cm³/mol. The van der Waals surface area contributed by atoms with Crippen LogP contribution in [0, 0.1) is 0 Å². The molecule has 182 valence electrons. The lowest BCUT2D eigenvalue weighted by Gasteiger charge is -2.15. The monoisotopic (exact) mass is 446 g/mol. The van der Waals surface area contributed by atoms with Crippen molar-refractivity contribution in [2.45, 2.75) is 90.6 Å².